The highest BCUT2D eigenvalue weighted by Crippen LogP contribution is 2.45. The van der Waals surface area contributed by atoms with E-state index in [-0.39, 0.29) is 0 Å². The Hall–Kier alpha value is -1.80. The highest BCUT2D eigenvalue weighted by molar-refractivity contribution is 5.47. The molecule has 0 radical (unpaired) electrons. The van der Waals surface area contributed by atoms with Gasteiger partial charge in [0.15, 0.2) is 0 Å². The lowest BCUT2D eigenvalue weighted by atomic mass is 9.71. The molecule has 0 saturated heterocycles. The zero-order valence-corrected chi connectivity index (χ0v) is 12.3. The van der Waals surface area contributed by atoms with Crippen molar-refractivity contribution < 1.29 is 4.74 Å². The first-order valence-corrected chi connectivity index (χ1v) is 7.14. The maximum absolute atomic E-state index is 5.55. The Balaban J connectivity index is 1.98. The lowest BCUT2D eigenvalue weighted by Crippen LogP contribution is -2.31. The Morgan fingerprint density at radius 2 is 2.00 bits per heavy atom. The van der Waals surface area contributed by atoms with Crippen LogP contribution in [0.4, 0.5) is 0 Å². The SMILES string of the molecule is CNC(c1cc(C)ccc1OC)C1Cc2ccccc21. The van der Waals surface area contributed by atoms with Gasteiger partial charge in [0.25, 0.3) is 0 Å². The molecule has 1 aliphatic rings. The second-order valence-electron chi connectivity index (χ2n) is 5.52. The van der Waals surface area contributed by atoms with E-state index in [0.29, 0.717) is 12.0 Å². The zero-order chi connectivity index (χ0) is 14.1. The molecule has 0 aliphatic heterocycles. The van der Waals surface area contributed by atoms with Gasteiger partial charge in [0.1, 0.15) is 5.75 Å². The molecule has 3 rings (SSSR count). The fourth-order valence-electron chi connectivity index (χ4n) is 3.27. The zero-order valence-electron chi connectivity index (χ0n) is 12.3. The molecule has 2 atom stereocenters. The van der Waals surface area contributed by atoms with Crippen molar-refractivity contribution in [3.63, 3.8) is 0 Å². The second-order valence-corrected chi connectivity index (χ2v) is 5.52. The van der Waals surface area contributed by atoms with Crippen molar-refractivity contribution in [1.29, 1.82) is 0 Å². The molecular formula is C18H21NO. The van der Waals surface area contributed by atoms with E-state index in [4.69, 9.17) is 4.74 Å². The summed E-state index contributed by atoms with van der Waals surface area (Å²) in [7, 11) is 3.78. The van der Waals surface area contributed by atoms with Crippen molar-refractivity contribution in [3.8, 4) is 5.75 Å². The van der Waals surface area contributed by atoms with Gasteiger partial charge in [-0.1, -0.05) is 42.0 Å². The molecule has 2 nitrogen and oxygen atoms in total. The molecule has 0 fully saturated rings. The third-order valence-electron chi connectivity index (χ3n) is 4.33. The van der Waals surface area contributed by atoms with Gasteiger partial charge in [0.2, 0.25) is 0 Å². The van der Waals surface area contributed by atoms with Crippen LogP contribution in [0.15, 0.2) is 42.5 Å². The number of aryl methyl sites for hydroxylation is 1. The van der Waals surface area contributed by atoms with Gasteiger partial charge in [-0.05, 0) is 37.6 Å². The third-order valence-corrected chi connectivity index (χ3v) is 4.33. The summed E-state index contributed by atoms with van der Waals surface area (Å²) in [5, 5.41) is 3.48. The number of nitrogens with one attached hydrogen (secondary N) is 1. The van der Waals surface area contributed by atoms with E-state index < -0.39 is 0 Å². The Morgan fingerprint density at radius 3 is 2.70 bits per heavy atom. The molecule has 0 spiro atoms. The Kier molecular flexibility index (Phi) is 3.49. The highest BCUT2D eigenvalue weighted by Gasteiger charge is 2.34. The molecular weight excluding hydrogens is 246 g/mol. The summed E-state index contributed by atoms with van der Waals surface area (Å²) in [4.78, 5) is 0. The van der Waals surface area contributed by atoms with Crippen LogP contribution in [0.1, 0.15) is 34.2 Å². The number of hydrogen-bond donors (Lipinski definition) is 1. The van der Waals surface area contributed by atoms with E-state index in [1.54, 1.807) is 7.11 Å². The van der Waals surface area contributed by atoms with Crippen LogP contribution in [0.25, 0.3) is 0 Å². The smallest absolute Gasteiger partial charge is 0.123 e. The van der Waals surface area contributed by atoms with Crippen LogP contribution < -0.4 is 10.1 Å². The summed E-state index contributed by atoms with van der Waals surface area (Å²) in [5.74, 6) is 1.51. The number of fused-ring (bicyclic) bond motifs is 1. The molecule has 0 saturated carbocycles. The lowest BCUT2D eigenvalue weighted by molar-refractivity contribution is 0.381. The lowest BCUT2D eigenvalue weighted by Gasteiger charge is -2.37. The van der Waals surface area contributed by atoms with Crippen molar-refractivity contribution in [2.45, 2.75) is 25.3 Å². The van der Waals surface area contributed by atoms with Gasteiger partial charge in [-0.25, -0.2) is 0 Å². The number of methoxy groups -OCH3 is 1. The van der Waals surface area contributed by atoms with E-state index in [1.165, 1.54) is 22.3 Å². The van der Waals surface area contributed by atoms with E-state index >= 15 is 0 Å². The van der Waals surface area contributed by atoms with Crippen LogP contribution in [0.3, 0.4) is 0 Å². The highest BCUT2D eigenvalue weighted by atomic mass is 16.5. The van der Waals surface area contributed by atoms with Crippen molar-refractivity contribution >= 4 is 0 Å². The minimum absolute atomic E-state index is 0.305. The van der Waals surface area contributed by atoms with Crippen LogP contribution in [0.5, 0.6) is 5.75 Å². The number of benzene rings is 2. The van der Waals surface area contributed by atoms with Gasteiger partial charge in [0.05, 0.1) is 7.11 Å². The third kappa shape index (κ3) is 2.10. The first-order valence-electron chi connectivity index (χ1n) is 7.14. The summed E-state index contributed by atoms with van der Waals surface area (Å²) in [5.41, 5.74) is 5.47. The van der Waals surface area contributed by atoms with Crippen molar-refractivity contribution in [3.05, 3.63) is 64.7 Å². The first kappa shape index (κ1) is 13.2. The molecule has 1 N–H and O–H groups in total. The molecule has 2 aromatic carbocycles. The largest absolute Gasteiger partial charge is 0.496 e. The predicted octanol–water partition coefficient (Wildman–Crippen LogP) is 3.60. The summed E-state index contributed by atoms with van der Waals surface area (Å²) >= 11 is 0. The van der Waals surface area contributed by atoms with Crippen LogP contribution >= 0.6 is 0 Å². The Labute approximate surface area is 120 Å². The van der Waals surface area contributed by atoms with E-state index in [1.807, 2.05) is 7.05 Å². The maximum atomic E-state index is 5.55. The fourth-order valence-corrected chi connectivity index (χ4v) is 3.27. The summed E-state index contributed by atoms with van der Waals surface area (Å²) < 4.78 is 5.55. The summed E-state index contributed by atoms with van der Waals surface area (Å²) in [6.45, 7) is 2.13. The molecule has 2 heteroatoms. The van der Waals surface area contributed by atoms with E-state index in [0.717, 1.165) is 12.2 Å². The minimum atomic E-state index is 0.305. The molecule has 20 heavy (non-hydrogen) atoms. The van der Waals surface area contributed by atoms with Crippen LogP contribution in [0, 0.1) is 6.92 Å². The molecule has 0 amide bonds. The topological polar surface area (TPSA) is 21.3 Å². The average Bonchev–Trinajstić information content (AvgIpc) is 2.45. The number of likely N-dealkylation sites (N-methyl/N-ethyl adjacent to an activating group) is 1. The first-order chi connectivity index (χ1) is 9.74. The van der Waals surface area contributed by atoms with E-state index in [9.17, 15) is 0 Å². The van der Waals surface area contributed by atoms with Gasteiger partial charge in [-0.3, -0.25) is 0 Å². The van der Waals surface area contributed by atoms with Crippen LogP contribution in [-0.2, 0) is 6.42 Å². The van der Waals surface area contributed by atoms with Gasteiger partial charge in [-0.2, -0.15) is 0 Å². The van der Waals surface area contributed by atoms with Crippen molar-refractivity contribution in [2.24, 2.45) is 0 Å². The maximum Gasteiger partial charge on any atom is 0.123 e. The fraction of sp³-hybridized carbons (Fsp3) is 0.333. The molecule has 104 valence electrons. The molecule has 1 aliphatic carbocycles. The van der Waals surface area contributed by atoms with Crippen molar-refractivity contribution in [2.75, 3.05) is 14.2 Å². The second kappa shape index (κ2) is 5.29. The molecule has 2 aromatic rings. The van der Waals surface area contributed by atoms with Gasteiger partial charge in [-0.15, -0.1) is 0 Å². The average molecular weight is 267 g/mol. The number of hydrogen-bond acceptors (Lipinski definition) is 2. The monoisotopic (exact) mass is 267 g/mol. The molecule has 0 aromatic heterocycles. The standard InChI is InChI=1S/C18H21NO/c1-12-8-9-17(20-3)16(10-12)18(19-2)15-11-13-6-4-5-7-14(13)15/h4-10,15,18-19H,11H2,1-3H3. The van der Waals surface area contributed by atoms with Crippen LogP contribution in [0.2, 0.25) is 0 Å². The van der Waals surface area contributed by atoms with E-state index in [2.05, 4.69) is 54.7 Å². The van der Waals surface area contributed by atoms with Crippen LogP contribution in [-0.4, -0.2) is 14.2 Å². The Morgan fingerprint density at radius 1 is 1.20 bits per heavy atom. The summed E-state index contributed by atoms with van der Waals surface area (Å²) in [6.07, 6.45) is 1.14. The summed E-state index contributed by atoms with van der Waals surface area (Å²) in [6, 6.07) is 15.4. The van der Waals surface area contributed by atoms with Gasteiger partial charge < -0.3 is 10.1 Å². The normalized spacial score (nSPS) is 18.1. The molecule has 0 bridgehead atoms. The quantitative estimate of drug-likeness (QED) is 0.914. The van der Waals surface area contributed by atoms with Gasteiger partial charge >= 0.3 is 0 Å². The number of rotatable bonds is 4. The minimum Gasteiger partial charge on any atom is -0.496 e. The van der Waals surface area contributed by atoms with Gasteiger partial charge in [0, 0.05) is 17.5 Å². The molecule has 0 heterocycles. The number of ether oxygens (including phenoxy) is 1. The predicted molar refractivity (Wildman–Crippen MR) is 82.4 cm³/mol. The Bertz CT molecular complexity index is 621. The van der Waals surface area contributed by atoms with Crippen molar-refractivity contribution in [1.82, 2.24) is 5.32 Å². The molecule has 2 unspecified atom stereocenters.